The van der Waals surface area contributed by atoms with E-state index in [1.54, 1.807) is 0 Å². The minimum atomic E-state index is 0.494. The van der Waals surface area contributed by atoms with E-state index in [1.165, 1.54) is 23.9 Å². The Morgan fingerprint density at radius 2 is 2.31 bits per heavy atom. The summed E-state index contributed by atoms with van der Waals surface area (Å²) in [4.78, 5) is 0. The van der Waals surface area contributed by atoms with Crippen LogP contribution in [0.25, 0.3) is 10.9 Å². The van der Waals surface area contributed by atoms with E-state index in [9.17, 15) is 0 Å². The van der Waals surface area contributed by atoms with E-state index < -0.39 is 0 Å². The van der Waals surface area contributed by atoms with Gasteiger partial charge in [0.2, 0.25) is 0 Å². The van der Waals surface area contributed by atoms with Crippen LogP contribution in [-0.4, -0.2) is 11.1 Å². The summed E-state index contributed by atoms with van der Waals surface area (Å²) in [7, 11) is 2.10. The second kappa shape index (κ2) is 3.79. The van der Waals surface area contributed by atoms with Crippen molar-refractivity contribution < 1.29 is 0 Å². The van der Waals surface area contributed by atoms with Gasteiger partial charge in [0.1, 0.15) is 0 Å². The van der Waals surface area contributed by atoms with Gasteiger partial charge in [-0.25, -0.2) is 0 Å². The predicted octanol–water partition coefficient (Wildman–Crippen LogP) is 3.26. The van der Waals surface area contributed by atoms with E-state index in [-0.39, 0.29) is 0 Å². The van der Waals surface area contributed by atoms with Crippen LogP contribution in [0.5, 0.6) is 0 Å². The first-order valence-electron chi connectivity index (χ1n) is 5.74. The van der Waals surface area contributed by atoms with Crippen molar-refractivity contribution in [3.63, 3.8) is 0 Å². The molecular formula is C13H15ClN2. The van der Waals surface area contributed by atoms with Crippen LogP contribution in [0.3, 0.4) is 0 Å². The molecule has 1 atom stereocenters. The molecule has 1 aromatic heterocycles. The molecule has 2 heterocycles. The number of aromatic nitrogens is 1. The van der Waals surface area contributed by atoms with Crippen LogP contribution in [-0.2, 0) is 7.05 Å². The van der Waals surface area contributed by atoms with Crippen molar-refractivity contribution in [2.75, 3.05) is 6.54 Å². The standard InChI is InChI=1S/C13H15ClN2/c1-16-12(11-6-3-7-15-11)8-9-4-2-5-10(14)13(9)16/h2,4-5,8,11,15H,3,6-7H2,1H3. The zero-order chi connectivity index (χ0) is 11.1. The molecule has 0 saturated carbocycles. The van der Waals surface area contributed by atoms with Crippen LogP contribution >= 0.6 is 11.6 Å². The minimum absolute atomic E-state index is 0.494. The fourth-order valence-electron chi connectivity index (χ4n) is 2.66. The third-order valence-electron chi connectivity index (χ3n) is 3.46. The molecule has 0 spiro atoms. The molecule has 1 N–H and O–H groups in total. The van der Waals surface area contributed by atoms with Gasteiger partial charge in [-0.05, 0) is 31.5 Å². The van der Waals surface area contributed by atoms with Gasteiger partial charge in [0.15, 0.2) is 0 Å². The maximum atomic E-state index is 6.24. The molecule has 1 saturated heterocycles. The Bertz CT molecular complexity index is 524. The molecule has 16 heavy (non-hydrogen) atoms. The maximum absolute atomic E-state index is 6.24. The topological polar surface area (TPSA) is 17.0 Å². The Labute approximate surface area is 100 Å². The van der Waals surface area contributed by atoms with Gasteiger partial charge in [-0.1, -0.05) is 23.7 Å². The first-order valence-corrected chi connectivity index (χ1v) is 6.12. The number of hydrogen-bond acceptors (Lipinski definition) is 1. The fourth-order valence-corrected chi connectivity index (χ4v) is 2.97. The van der Waals surface area contributed by atoms with Gasteiger partial charge in [0, 0.05) is 24.2 Å². The quantitative estimate of drug-likeness (QED) is 0.802. The lowest BCUT2D eigenvalue weighted by Gasteiger charge is -2.12. The molecule has 84 valence electrons. The number of rotatable bonds is 1. The average Bonchev–Trinajstić information content (AvgIpc) is 2.86. The summed E-state index contributed by atoms with van der Waals surface area (Å²) >= 11 is 6.24. The number of nitrogens with one attached hydrogen (secondary N) is 1. The Kier molecular flexibility index (Phi) is 2.41. The van der Waals surface area contributed by atoms with Gasteiger partial charge in [-0.3, -0.25) is 0 Å². The summed E-state index contributed by atoms with van der Waals surface area (Å²) in [6.45, 7) is 1.12. The van der Waals surface area contributed by atoms with E-state index in [1.807, 2.05) is 12.1 Å². The zero-order valence-corrected chi connectivity index (χ0v) is 10.1. The Morgan fingerprint density at radius 3 is 3.00 bits per heavy atom. The van der Waals surface area contributed by atoms with Gasteiger partial charge in [0.05, 0.1) is 10.5 Å². The van der Waals surface area contributed by atoms with Crippen molar-refractivity contribution in [3.8, 4) is 0 Å². The molecular weight excluding hydrogens is 220 g/mol. The molecule has 3 heteroatoms. The Morgan fingerprint density at radius 1 is 1.44 bits per heavy atom. The summed E-state index contributed by atoms with van der Waals surface area (Å²) in [5.74, 6) is 0. The maximum Gasteiger partial charge on any atom is 0.0669 e. The molecule has 2 nitrogen and oxygen atoms in total. The van der Waals surface area contributed by atoms with E-state index in [0.717, 1.165) is 17.1 Å². The van der Waals surface area contributed by atoms with Crippen molar-refractivity contribution in [1.82, 2.24) is 9.88 Å². The molecule has 0 amide bonds. The molecule has 1 unspecified atom stereocenters. The molecule has 0 bridgehead atoms. The molecule has 1 aliphatic heterocycles. The fraction of sp³-hybridized carbons (Fsp3) is 0.385. The average molecular weight is 235 g/mol. The normalized spacial score (nSPS) is 20.8. The van der Waals surface area contributed by atoms with E-state index >= 15 is 0 Å². The number of aryl methyl sites for hydroxylation is 1. The highest BCUT2D eigenvalue weighted by Crippen LogP contribution is 2.31. The second-order valence-electron chi connectivity index (χ2n) is 4.45. The highest BCUT2D eigenvalue weighted by Gasteiger charge is 2.20. The minimum Gasteiger partial charge on any atom is -0.345 e. The number of halogens is 1. The molecule has 2 aromatic rings. The van der Waals surface area contributed by atoms with Gasteiger partial charge >= 0.3 is 0 Å². The highest BCUT2D eigenvalue weighted by atomic mass is 35.5. The second-order valence-corrected chi connectivity index (χ2v) is 4.86. The van der Waals surface area contributed by atoms with Gasteiger partial charge in [0.25, 0.3) is 0 Å². The van der Waals surface area contributed by atoms with E-state index in [4.69, 9.17) is 11.6 Å². The monoisotopic (exact) mass is 234 g/mol. The smallest absolute Gasteiger partial charge is 0.0669 e. The third-order valence-corrected chi connectivity index (χ3v) is 3.77. The van der Waals surface area contributed by atoms with Crippen molar-refractivity contribution in [3.05, 3.63) is 35.0 Å². The molecule has 1 aromatic carbocycles. The Balaban J connectivity index is 2.19. The number of para-hydroxylation sites is 1. The lowest BCUT2D eigenvalue weighted by atomic mass is 10.1. The lowest BCUT2D eigenvalue weighted by Crippen LogP contribution is -2.15. The first-order chi connectivity index (χ1) is 7.77. The van der Waals surface area contributed by atoms with Crippen LogP contribution in [0.15, 0.2) is 24.3 Å². The van der Waals surface area contributed by atoms with Crippen molar-refractivity contribution >= 4 is 22.5 Å². The lowest BCUT2D eigenvalue weighted by molar-refractivity contribution is 0.604. The van der Waals surface area contributed by atoms with Crippen LogP contribution in [0, 0.1) is 0 Å². The van der Waals surface area contributed by atoms with Crippen molar-refractivity contribution in [2.45, 2.75) is 18.9 Å². The molecule has 0 radical (unpaired) electrons. The highest BCUT2D eigenvalue weighted by molar-refractivity contribution is 6.35. The summed E-state index contributed by atoms with van der Waals surface area (Å²) in [5, 5.41) is 5.60. The number of benzene rings is 1. The molecule has 1 aliphatic rings. The zero-order valence-electron chi connectivity index (χ0n) is 9.33. The molecule has 3 rings (SSSR count). The third kappa shape index (κ3) is 1.45. The summed E-state index contributed by atoms with van der Waals surface area (Å²) < 4.78 is 2.22. The summed E-state index contributed by atoms with van der Waals surface area (Å²) in [6.07, 6.45) is 2.49. The summed E-state index contributed by atoms with van der Waals surface area (Å²) in [5.41, 5.74) is 2.49. The number of fused-ring (bicyclic) bond motifs is 1. The Hall–Kier alpha value is -0.990. The number of hydrogen-bond donors (Lipinski definition) is 1. The van der Waals surface area contributed by atoms with Crippen molar-refractivity contribution in [2.24, 2.45) is 7.05 Å². The largest absolute Gasteiger partial charge is 0.345 e. The van der Waals surface area contributed by atoms with Gasteiger partial charge < -0.3 is 9.88 Å². The van der Waals surface area contributed by atoms with Crippen molar-refractivity contribution in [1.29, 1.82) is 0 Å². The summed E-state index contributed by atoms with van der Waals surface area (Å²) in [6, 6.07) is 8.84. The molecule has 0 aliphatic carbocycles. The van der Waals surface area contributed by atoms with Crippen LogP contribution in [0.4, 0.5) is 0 Å². The predicted molar refractivity (Wildman–Crippen MR) is 67.9 cm³/mol. The SMILES string of the molecule is Cn1c(C2CCCN2)cc2cccc(Cl)c21. The first kappa shape index (κ1) is 10.2. The van der Waals surface area contributed by atoms with Gasteiger partial charge in [-0.2, -0.15) is 0 Å². The molecule has 1 fully saturated rings. The van der Waals surface area contributed by atoms with E-state index in [0.29, 0.717) is 6.04 Å². The van der Waals surface area contributed by atoms with Crippen LogP contribution in [0.1, 0.15) is 24.6 Å². The van der Waals surface area contributed by atoms with E-state index in [2.05, 4.69) is 29.1 Å². The van der Waals surface area contributed by atoms with Gasteiger partial charge in [-0.15, -0.1) is 0 Å². The number of nitrogens with zero attached hydrogens (tertiary/aromatic N) is 1. The van der Waals surface area contributed by atoms with Crippen LogP contribution in [0.2, 0.25) is 5.02 Å². The van der Waals surface area contributed by atoms with Crippen LogP contribution < -0.4 is 5.32 Å².